The van der Waals surface area contributed by atoms with E-state index in [0.29, 0.717) is 12.5 Å². The summed E-state index contributed by atoms with van der Waals surface area (Å²) >= 11 is 0. The molecule has 1 atom stereocenters. The number of guanidine groups is 1. The predicted octanol–water partition coefficient (Wildman–Crippen LogP) is 3.81. The summed E-state index contributed by atoms with van der Waals surface area (Å²) in [4.78, 5) is 12.0. The van der Waals surface area contributed by atoms with Crippen molar-refractivity contribution in [2.24, 2.45) is 10.9 Å². The number of nitrogens with zero attached hydrogens (tertiary/aromatic N) is 2. The van der Waals surface area contributed by atoms with Crippen molar-refractivity contribution < 1.29 is 4.74 Å². The molecule has 0 bridgehead atoms. The van der Waals surface area contributed by atoms with Gasteiger partial charge in [-0.25, -0.2) is 4.98 Å². The fourth-order valence-electron chi connectivity index (χ4n) is 2.76. The zero-order chi connectivity index (χ0) is 18.8. The van der Waals surface area contributed by atoms with E-state index in [-0.39, 0.29) is 30.1 Å². The van der Waals surface area contributed by atoms with E-state index < -0.39 is 0 Å². The molecule has 1 heterocycles. The smallest absolute Gasteiger partial charge is 0.191 e. The molecule has 0 spiro atoms. The van der Waals surface area contributed by atoms with Crippen LogP contribution < -0.4 is 10.6 Å². The Bertz CT molecular complexity index is 672. The van der Waals surface area contributed by atoms with Gasteiger partial charge in [0.05, 0.1) is 24.5 Å². The van der Waals surface area contributed by atoms with Crippen LogP contribution in [0.1, 0.15) is 33.0 Å². The molecule has 6 nitrogen and oxygen atoms in total. The Morgan fingerprint density at radius 3 is 2.59 bits per heavy atom. The molecule has 1 aromatic heterocycles. The van der Waals surface area contributed by atoms with Gasteiger partial charge in [0, 0.05) is 20.2 Å². The number of aliphatic imine (C=N–C) groups is 1. The average molecular weight is 485 g/mol. The van der Waals surface area contributed by atoms with Crippen molar-refractivity contribution >= 4 is 29.9 Å². The highest BCUT2D eigenvalue weighted by Crippen LogP contribution is 2.15. The predicted molar refractivity (Wildman–Crippen MR) is 123 cm³/mol. The number of halogens is 1. The van der Waals surface area contributed by atoms with Gasteiger partial charge in [-0.3, -0.25) is 4.99 Å². The van der Waals surface area contributed by atoms with E-state index in [9.17, 15) is 0 Å². The van der Waals surface area contributed by atoms with Crippen LogP contribution in [0, 0.1) is 5.92 Å². The van der Waals surface area contributed by atoms with Crippen LogP contribution >= 0.6 is 24.0 Å². The summed E-state index contributed by atoms with van der Waals surface area (Å²) < 4.78 is 5.78. The Hall–Kier alpha value is -1.61. The first-order chi connectivity index (χ1) is 12.6. The van der Waals surface area contributed by atoms with Gasteiger partial charge in [-0.2, -0.15) is 0 Å². The first kappa shape index (κ1) is 23.4. The molecule has 0 saturated carbocycles. The second kappa shape index (κ2) is 12.7. The number of aromatic nitrogens is 2. The van der Waals surface area contributed by atoms with Crippen LogP contribution in [0.4, 0.5) is 0 Å². The Kier molecular flexibility index (Phi) is 11.0. The molecule has 0 aliphatic heterocycles. The Labute approximate surface area is 179 Å². The van der Waals surface area contributed by atoms with Crippen molar-refractivity contribution in [1.29, 1.82) is 0 Å². The maximum atomic E-state index is 5.78. The maximum Gasteiger partial charge on any atom is 0.191 e. The highest BCUT2D eigenvalue weighted by atomic mass is 127. The summed E-state index contributed by atoms with van der Waals surface area (Å²) in [5, 5.41) is 6.63. The standard InChI is InChI=1S/C20H31N5O.HI/c1-5-26-18(15(2)3)11-12-22-20(21-4)24-14-19-23-13-17(25-19)16-9-7-6-8-10-16;/h6-10,13,15,18H,5,11-12,14H2,1-4H3,(H,23,25)(H2,21,22,24);1H. The lowest BCUT2D eigenvalue weighted by atomic mass is 10.0. The number of rotatable bonds is 9. The minimum Gasteiger partial charge on any atom is -0.378 e. The number of aromatic amines is 1. The van der Waals surface area contributed by atoms with Gasteiger partial charge in [0.25, 0.3) is 0 Å². The number of H-pyrrole nitrogens is 1. The summed E-state index contributed by atoms with van der Waals surface area (Å²) in [5.41, 5.74) is 2.14. The van der Waals surface area contributed by atoms with Crippen molar-refractivity contribution in [2.75, 3.05) is 20.2 Å². The summed E-state index contributed by atoms with van der Waals surface area (Å²) in [6.07, 6.45) is 3.08. The van der Waals surface area contributed by atoms with Gasteiger partial charge in [-0.15, -0.1) is 24.0 Å². The molecular formula is C20H32IN5O. The van der Waals surface area contributed by atoms with E-state index in [0.717, 1.165) is 42.6 Å². The number of benzene rings is 1. The fraction of sp³-hybridized carbons (Fsp3) is 0.500. The van der Waals surface area contributed by atoms with E-state index in [2.05, 4.69) is 51.6 Å². The minimum atomic E-state index is 0. The molecule has 0 saturated heterocycles. The number of nitrogens with one attached hydrogen (secondary N) is 3. The van der Waals surface area contributed by atoms with Crippen molar-refractivity contribution in [1.82, 2.24) is 20.6 Å². The summed E-state index contributed by atoms with van der Waals surface area (Å²) in [7, 11) is 1.77. The van der Waals surface area contributed by atoms with Crippen LogP contribution in [-0.2, 0) is 11.3 Å². The number of hydrogen-bond donors (Lipinski definition) is 3. The van der Waals surface area contributed by atoms with E-state index >= 15 is 0 Å². The molecule has 27 heavy (non-hydrogen) atoms. The molecule has 1 aromatic carbocycles. The third-order valence-electron chi connectivity index (χ3n) is 4.21. The normalized spacial score (nSPS) is 12.6. The van der Waals surface area contributed by atoms with Crippen LogP contribution in [0.25, 0.3) is 11.3 Å². The first-order valence-electron chi connectivity index (χ1n) is 9.29. The molecule has 150 valence electrons. The van der Waals surface area contributed by atoms with E-state index in [1.165, 1.54) is 0 Å². The topological polar surface area (TPSA) is 74.3 Å². The van der Waals surface area contributed by atoms with Gasteiger partial charge in [-0.1, -0.05) is 44.2 Å². The lowest BCUT2D eigenvalue weighted by Crippen LogP contribution is -2.39. The third kappa shape index (κ3) is 7.88. The first-order valence-corrected chi connectivity index (χ1v) is 9.29. The van der Waals surface area contributed by atoms with Gasteiger partial charge in [0.2, 0.25) is 0 Å². The van der Waals surface area contributed by atoms with E-state index in [1.54, 1.807) is 7.05 Å². The van der Waals surface area contributed by atoms with Gasteiger partial charge in [0.15, 0.2) is 5.96 Å². The molecule has 0 fully saturated rings. The van der Waals surface area contributed by atoms with Gasteiger partial charge in [-0.05, 0) is 24.8 Å². The van der Waals surface area contributed by atoms with Crippen LogP contribution in [0.2, 0.25) is 0 Å². The zero-order valence-electron chi connectivity index (χ0n) is 16.7. The second-order valence-electron chi connectivity index (χ2n) is 6.49. The summed E-state index contributed by atoms with van der Waals surface area (Å²) in [6.45, 7) is 8.57. The van der Waals surface area contributed by atoms with Crippen molar-refractivity contribution in [2.45, 2.75) is 39.8 Å². The maximum absolute atomic E-state index is 5.78. The van der Waals surface area contributed by atoms with Crippen molar-refractivity contribution in [3.63, 3.8) is 0 Å². The Morgan fingerprint density at radius 1 is 1.22 bits per heavy atom. The average Bonchev–Trinajstić information content (AvgIpc) is 3.13. The molecule has 1 unspecified atom stereocenters. The third-order valence-corrected chi connectivity index (χ3v) is 4.21. The van der Waals surface area contributed by atoms with Crippen molar-refractivity contribution in [3.8, 4) is 11.3 Å². The second-order valence-corrected chi connectivity index (χ2v) is 6.49. The largest absolute Gasteiger partial charge is 0.378 e. The lowest BCUT2D eigenvalue weighted by Gasteiger charge is -2.21. The molecule has 0 radical (unpaired) electrons. The quantitative estimate of drug-likeness (QED) is 0.287. The van der Waals surface area contributed by atoms with Crippen LogP contribution in [-0.4, -0.2) is 42.2 Å². The Balaban J connectivity index is 0.00000364. The highest BCUT2D eigenvalue weighted by molar-refractivity contribution is 14.0. The number of hydrogen-bond acceptors (Lipinski definition) is 3. The fourth-order valence-corrected chi connectivity index (χ4v) is 2.76. The molecule has 0 amide bonds. The van der Waals surface area contributed by atoms with Crippen LogP contribution in [0.15, 0.2) is 41.5 Å². The van der Waals surface area contributed by atoms with Gasteiger partial charge < -0.3 is 20.4 Å². The van der Waals surface area contributed by atoms with Gasteiger partial charge in [0.1, 0.15) is 5.82 Å². The molecule has 0 aliphatic rings. The molecular weight excluding hydrogens is 453 g/mol. The molecule has 0 aliphatic carbocycles. The minimum absolute atomic E-state index is 0. The molecule has 7 heteroatoms. The zero-order valence-corrected chi connectivity index (χ0v) is 19.0. The number of ether oxygens (including phenoxy) is 1. The van der Waals surface area contributed by atoms with E-state index in [1.807, 2.05) is 31.3 Å². The van der Waals surface area contributed by atoms with E-state index in [4.69, 9.17) is 4.74 Å². The summed E-state index contributed by atoms with van der Waals surface area (Å²) in [6, 6.07) is 10.2. The van der Waals surface area contributed by atoms with Crippen LogP contribution in [0.5, 0.6) is 0 Å². The number of imidazole rings is 1. The van der Waals surface area contributed by atoms with Crippen molar-refractivity contribution in [3.05, 3.63) is 42.4 Å². The Morgan fingerprint density at radius 2 is 1.96 bits per heavy atom. The molecule has 2 rings (SSSR count). The molecule has 2 aromatic rings. The van der Waals surface area contributed by atoms with Gasteiger partial charge >= 0.3 is 0 Å². The monoisotopic (exact) mass is 485 g/mol. The summed E-state index contributed by atoms with van der Waals surface area (Å²) in [5.74, 6) is 2.15. The highest BCUT2D eigenvalue weighted by Gasteiger charge is 2.13. The van der Waals surface area contributed by atoms with Crippen LogP contribution in [0.3, 0.4) is 0 Å². The molecule has 3 N–H and O–H groups in total. The lowest BCUT2D eigenvalue weighted by molar-refractivity contribution is 0.0258. The SMILES string of the molecule is CCOC(CCNC(=NC)NCc1ncc(-c2ccccc2)[nH]1)C(C)C.I.